The van der Waals surface area contributed by atoms with Gasteiger partial charge in [-0.2, -0.15) is 0 Å². The van der Waals surface area contributed by atoms with E-state index in [2.05, 4.69) is 15.3 Å². The molecule has 2 heterocycles. The van der Waals surface area contributed by atoms with Gasteiger partial charge in [0.1, 0.15) is 11.5 Å². The molecule has 138 valence electrons. The number of anilines is 2. The van der Waals surface area contributed by atoms with Crippen molar-refractivity contribution in [1.29, 1.82) is 0 Å². The number of hydrogen-bond acceptors (Lipinski definition) is 7. The van der Waals surface area contributed by atoms with Crippen molar-refractivity contribution in [2.75, 3.05) is 50.7 Å². The highest BCUT2D eigenvalue weighted by Gasteiger charge is 2.17. The van der Waals surface area contributed by atoms with E-state index < -0.39 is 0 Å². The first kappa shape index (κ1) is 17.9. The lowest BCUT2D eigenvalue weighted by molar-refractivity contribution is 0.102. The van der Waals surface area contributed by atoms with Crippen molar-refractivity contribution in [3.05, 3.63) is 35.7 Å². The Bertz CT molecular complexity index is 769. The Labute approximate surface area is 152 Å². The third-order valence-corrected chi connectivity index (χ3v) is 4.11. The molecule has 1 amide bonds. The summed E-state index contributed by atoms with van der Waals surface area (Å²) in [5.74, 6) is 1.52. The van der Waals surface area contributed by atoms with Crippen LogP contribution in [-0.4, -0.2) is 56.4 Å². The van der Waals surface area contributed by atoms with Crippen molar-refractivity contribution in [3.63, 3.8) is 0 Å². The lowest BCUT2D eigenvalue weighted by Crippen LogP contribution is -2.37. The van der Waals surface area contributed by atoms with Crippen molar-refractivity contribution in [3.8, 4) is 11.5 Å². The van der Waals surface area contributed by atoms with E-state index in [4.69, 9.17) is 14.2 Å². The average Bonchev–Trinajstić information content (AvgIpc) is 2.68. The molecular formula is C18H22N4O4. The lowest BCUT2D eigenvalue weighted by Gasteiger charge is -2.27. The topological polar surface area (TPSA) is 85.8 Å². The standard InChI is InChI=1S/C18H22N4O4/c1-12-16(11-19-18(20-12)22-4-6-26-7-5-22)17(23)21-13-8-14(24-2)10-15(9-13)25-3/h8-11H,4-7H2,1-3H3,(H,21,23). The molecule has 0 unspecified atom stereocenters. The van der Waals surface area contributed by atoms with Gasteiger partial charge in [0, 0.05) is 43.2 Å². The lowest BCUT2D eigenvalue weighted by atomic mass is 10.2. The van der Waals surface area contributed by atoms with Crippen LogP contribution in [0.1, 0.15) is 16.1 Å². The maximum atomic E-state index is 12.6. The number of methoxy groups -OCH3 is 2. The summed E-state index contributed by atoms with van der Waals surface area (Å²) in [6, 6.07) is 5.18. The van der Waals surface area contributed by atoms with Crippen LogP contribution < -0.4 is 19.7 Å². The second-order valence-electron chi connectivity index (χ2n) is 5.82. The number of ether oxygens (including phenoxy) is 3. The van der Waals surface area contributed by atoms with Crippen LogP contribution in [-0.2, 0) is 4.74 Å². The van der Waals surface area contributed by atoms with E-state index in [1.165, 1.54) is 0 Å². The van der Waals surface area contributed by atoms with Gasteiger partial charge in [0.2, 0.25) is 5.95 Å². The Morgan fingerprint density at radius 2 is 1.81 bits per heavy atom. The van der Waals surface area contributed by atoms with Gasteiger partial charge < -0.3 is 24.4 Å². The summed E-state index contributed by atoms with van der Waals surface area (Å²) >= 11 is 0. The van der Waals surface area contributed by atoms with E-state index in [9.17, 15) is 4.79 Å². The zero-order valence-corrected chi connectivity index (χ0v) is 15.1. The maximum Gasteiger partial charge on any atom is 0.259 e. The van der Waals surface area contributed by atoms with Crippen LogP contribution in [0.2, 0.25) is 0 Å². The number of carbonyl (C=O) groups excluding carboxylic acids is 1. The molecule has 1 saturated heterocycles. The number of nitrogens with one attached hydrogen (secondary N) is 1. The molecule has 0 saturated carbocycles. The Morgan fingerprint density at radius 1 is 1.15 bits per heavy atom. The van der Waals surface area contributed by atoms with Crippen molar-refractivity contribution < 1.29 is 19.0 Å². The molecule has 0 radical (unpaired) electrons. The van der Waals surface area contributed by atoms with Crippen LogP contribution in [0.5, 0.6) is 11.5 Å². The largest absolute Gasteiger partial charge is 0.497 e. The second kappa shape index (κ2) is 8.01. The summed E-state index contributed by atoms with van der Waals surface area (Å²) in [5.41, 5.74) is 1.61. The Balaban J connectivity index is 1.77. The third-order valence-electron chi connectivity index (χ3n) is 4.11. The Hall–Kier alpha value is -2.87. The summed E-state index contributed by atoms with van der Waals surface area (Å²) in [6.07, 6.45) is 1.56. The van der Waals surface area contributed by atoms with Crippen LogP contribution in [0.25, 0.3) is 0 Å². The highest BCUT2D eigenvalue weighted by Crippen LogP contribution is 2.26. The van der Waals surface area contributed by atoms with E-state index >= 15 is 0 Å². The van der Waals surface area contributed by atoms with Gasteiger partial charge in [-0.3, -0.25) is 4.79 Å². The van der Waals surface area contributed by atoms with Crippen LogP contribution in [0.3, 0.4) is 0 Å². The predicted molar refractivity (Wildman–Crippen MR) is 97.3 cm³/mol. The molecule has 8 nitrogen and oxygen atoms in total. The molecule has 0 bridgehead atoms. The van der Waals surface area contributed by atoms with Crippen molar-refractivity contribution in [1.82, 2.24) is 9.97 Å². The van der Waals surface area contributed by atoms with Crippen LogP contribution in [0.15, 0.2) is 24.4 Å². The molecule has 0 atom stereocenters. The highest BCUT2D eigenvalue weighted by molar-refractivity contribution is 6.05. The summed E-state index contributed by atoms with van der Waals surface area (Å²) in [4.78, 5) is 23.5. The number of aryl methyl sites for hydroxylation is 1. The van der Waals surface area contributed by atoms with Gasteiger partial charge in [0.05, 0.1) is 38.7 Å². The van der Waals surface area contributed by atoms with Crippen LogP contribution in [0, 0.1) is 6.92 Å². The minimum absolute atomic E-state index is 0.286. The normalized spacial score (nSPS) is 14.0. The minimum Gasteiger partial charge on any atom is -0.497 e. The van der Waals surface area contributed by atoms with Gasteiger partial charge in [-0.15, -0.1) is 0 Å². The number of benzene rings is 1. The molecule has 1 aliphatic rings. The van der Waals surface area contributed by atoms with Crippen molar-refractivity contribution in [2.45, 2.75) is 6.92 Å². The molecule has 1 fully saturated rings. The van der Waals surface area contributed by atoms with E-state index in [0.29, 0.717) is 47.6 Å². The fourth-order valence-corrected chi connectivity index (χ4v) is 2.67. The van der Waals surface area contributed by atoms with Crippen LogP contribution >= 0.6 is 0 Å². The number of hydrogen-bond donors (Lipinski definition) is 1. The van der Waals surface area contributed by atoms with Gasteiger partial charge in [-0.25, -0.2) is 9.97 Å². The highest BCUT2D eigenvalue weighted by atomic mass is 16.5. The van der Waals surface area contributed by atoms with Gasteiger partial charge in [0.25, 0.3) is 5.91 Å². The first-order valence-electron chi connectivity index (χ1n) is 8.31. The minimum atomic E-state index is -0.286. The molecule has 1 aromatic heterocycles. The van der Waals surface area contributed by atoms with E-state index in [0.717, 1.165) is 13.1 Å². The molecular weight excluding hydrogens is 336 g/mol. The van der Waals surface area contributed by atoms with Gasteiger partial charge in [-0.05, 0) is 6.92 Å². The third kappa shape index (κ3) is 4.02. The zero-order valence-electron chi connectivity index (χ0n) is 15.1. The van der Waals surface area contributed by atoms with Crippen LogP contribution in [0.4, 0.5) is 11.6 Å². The quantitative estimate of drug-likeness (QED) is 0.873. The number of amides is 1. The number of morpholine rings is 1. The fourth-order valence-electron chi connectivity index (χ4n) is 2.67. The SMILES string of the molecule is COc1cc(NC(=O)c2cnc(N3CCOCC3)nc2C)cc(OC)c1. The number of aromatic nitrogens is 2. The van der Waals surface area contributed by atoms with E-state index in [1.807, 2.05) is 4.90 Å². The predicted octanol–water partition coefficient (Wildman–Crippen LogP) is 1.89. The molecule has 1 aliphatic heterocycles. The molecule has 0 spiro atoms. The van der Waals surface area contributed by atoms with Gasteiger partial charge >= 0.3 is 0 Å². The molecule has 2 aromatic rings. The number of rotatable bonds is 5. The molecule has 26 heavy (non-hydrogen) atoms. The average molecular weight is 358 g/mol. The van der Waals surface area contributed by atoms with Crippen molar-refractivity contribution in [2.24, 2.45) is 0 Å². The first-order valence-corrected chi connectivity index (χ1v) is 8.31. The summed E-state index contributed by atoms with van der Waals surface area (Å²) in [5, 5.41) is 2.83. The molecule has 0 aliphatic carbocycles. The number of nitrogens with zero attached hydrogens (tertiary/aromatic N) is 3. The maximum absolute atomic E-state index is 12.6. The fraction of sp³-hybridized carbons (Fsp3) is 0.389. The Kier molecular flexibility index (Phi) is 5.52. The molecule has 1 N–H and O–H groups in total. The summed E-state index contributed by atoms with van der Waals surface area (Å²) in [7, 11) is 3.12. The molecule has 1 aromatic carbocycles. The Morgan fingerprint density at radius 3 is 2.38 bits per heavy atom. The van der Waals surface area contributed by atoms with E-state index in [-0.39, 0.29) is 5.91 Å². The van der Waals surface area contributed by atoms with Crippen molar-refractivity contribution >= 4 is 17.5 Å². The zero-order chi connectivity index (χ0) is 18.5. The van der Waals surface area contributed by atoms with Gasteiger partial charge in [-0.1, -0.05) is 0 Å². The summed E-state index contributed by atoms with van der Waals surface area (Å²) < 4.78 is 15.8. The van der Waals surface area contributed by atoms with Gasteiger partial charge in [0.15, 0.2) is 0 Å². The first-order chi connectivity index (χ1) is 12.6. The van der Waals surface area contributed by atoms with E-state index in [1.54, 1.807) is 45.5 Å². The number of carbonyl (C=O) groups is 1. The summed E-state index contributed by atoms with van der Waals surface area (Å²) in [6.45, 7) is 4.60. The monoisotopic (exact) mass is 358 g/mol. The second-order valence-corrected chi connectivity index (χ2v) is 5.82. The molecule has 3 rings (SSSR count). The smallest absolute Gasteiger partial charge is 0.259 e. The molecule has 8 heteroatoms.